The molecule has 1 aliphatic rings. The average molecular weight is 269 g/mol. The van der Waals surface area contributed by atoms with Gasteiger partial charge in [0.15, 0.2) is 0 Å². The molecule has 2 unspecified atom stereocenters. The van der Waals surface area contributed by atoms with Gasteiger partial charge in [0.1, 0.15) is 0 Å². The summed E-state index contributed by atoms with van der Waals surface area (Å²) in [5, 5.41) is 0.891. The van der Waals surface area contributed by atoms with Gasteiger partial charge in [-0.2, -0.15) is 0 Å². The van der Waals surface area contributed by atoms with Crippen molar-refractivity contribution in [2.45, 2.75) is 13.3 Å². The number of benzene rings is 1. The molecule has 20 heavy (non-hydrogen) atoms. The van der Waals surface area contributed by atoms with Crippen LogP contribution < -0.4 is 10.9 Å². The minimum Gasteiger partial charge on any atom is -0.273 e. The molecule has 0 saturated heterocycles. The standard InChI is InChI=1S/C15H15N3O2/c1-9-8-12(9)15(20)18-17-14(19)11-6-2-4-10-5-3-7-16-13(10)11/h2-7,9,12H,8H2,1H3,(H,17,19)(H,18,20). The van der Waals surface area contributed by atoms with Crippen molar-refractivity contribution in [3.63, 3.8) is 0 Å². The van der Waals surface area contributed by atoms with E-state index < -0.39 is 0 Å². The van der Waals surface area contributed by atoms with Crippen molar-refractivity contribution < 1.29 is 9.59 Å². The van der Waals surface area contributed by atoms with Gasteiger partial charge < -0.3 is 0 Å². The lowest BCUT2D eigenvalue weighted by atomic mass is 10.1. The third-order valence-electron chi connectivity index (χ3n) is 3.62. The zero-order valence-electron chi connectivity index (χ0n) is 11.1. The first-order valence-electron chi connectivity index (χ1n) is 6.61. The highest BCUT2D eigenvalue weighted by Crippen LogP contribution is 2.37. The van der Waals surface area contributed by atoms with Crippen molar-refractivity contribution >= 4 is 22.7 Å². The van der Waals surface area contributed by atoms with Gasteiger partial charge in [-0.25, -0.2) is 0 Å². The molecule has 1 fully saturated rings. The predicted octanol–water partition coefficient (Wildman–Crippen LogP) is 1.65. The van der Waals surface area contributed by atoms with E-state index >= 15 is 0 Å². The molecule has 102 valence electrons. The summed E-state index contributed by atoms with van der Waals surface area (Å²) in [6.45, 7) is 2.01. The fourth-order valence-corrected chi connectivity index (χ4v) is 2.25. The van der Waals surface area contributed by atoms with Crippen LogP contribution in [0.15, 0.2) is 36.5 Å². The number of para-hydroxylation sites is 1. The Morgan fingerprint density at radius 2 is 1.95 bits per heavy atom. The molecule has 0 bridgehead atoms. The highest BCUT2D eigenvalue weighted by Gasteiger charge is 2.39. The summed E-state index contributed by atoms with van der Waals surface area (Å²) in [4.78, 5) is 28.0. The fourth-order valence-electron chi connectivity index (χ4n) is 2.25. The van der Waals surface area contributed by atoms with Crippen molar-refractivity contribution in [3.05, 3.63) is 42.1 Å². The summed E-state index contributed by atoms with van der Waals surface area (Å²) in [5.74, 6) is -0.0398. The van der Waals surface area contributed by atoms with Crippen LogP contribution >= 0.6 is 0 Å². The molecule has 5 heteroatoms. The number of hydrogen-bond donors (Lipinski definition) is 2. The Bertz CT molecular complexity index is 678. The van der Waals surface area contributed by atoms with E-state index in [1.165, 1.54) is 0 Å². The summed E-state index contributed by atoms with van der Waals surface area (Å²) < 4.78 is 0. The number of amides is 2. The van der Waals surface area contributed by atoms with Gasteiger partial charge in [-0.05, 0) is 24.5 Å². The maximum absolute atomic E-state index is 12.1. The number of rotatable bonds is 2. The number of carbonyl (C=O) groups is 2. The molecule has 5 nitrogen and oxygen atoms in total. The summed E-state index contributed by atoms with van der Waals surface area (Å²) in [7, 11) is 0. The van der Waals surface area contributed by atoms with Crippen LogP contribution in [0, 0.1) is 11.8 Å². The topological polar surface area (TPSA) is 71.1 Å². The van der Waals surface area contributed by atoms with Crippen molar-refractivity contribution in [1.29, 1.82) is 0 Å². The molecule has 1 aromatic carbocycles. The van der Waals surface area contributed by atoms with E-state index in [0.29, 0.717) is 17.0 Å². The van der Waals surface area contributed by atoms with Crippen molar-refractivity contribution in [3.8, 4) is 0 Å². The maximum atomic E-state index is 12.1. The fraction of sp³-hybridized carbons (Fsp3) is 0.267. The van der Waals surface area contributed by atoms with E-state index in [1.807, 2.05) is 25.1 Å². The second-order valence-electron chi connectivity index (χ2n) is 5.14. The summed E-state index contributed by atoms with van der Waals surface area (Å²) in [6.07, 6.45) is 2.53. The summed E-state index contributed by atoms with van der Waals surface area (Å²) in [5.41, 5.74) is 6.00. The molecule has 0 radical (unpaired) electrons. The number of hydrazine groups is 1. The molecule has 1 aromatic heterocycles. The van der Waals surface area contributed by atoms with Crippen molar-refractivity contribution in [1.82, 2.24) is 15.8 Å². The molecule has 1 heterocycles. The molecular formula is C15H15N3O2. The van der Waals surface area contributed by atoms with E-state index in [2.05, 4.69) is 15.8 Å². The van der Waals surface area contributed by atoms with Gasteiger partial charge in [-0.15, -0.1) is 0 Å². The molecule has 0 spiro atoms. The van der Waals surface area contributed by atoms with E-state index in [4.69, 9.17) is 0 Å². The first-order chi connectivity index (χ1) is 9.66. The lowest BCUT2D eigenvalue weighted by Gasteiger charge is -2.08. The Labute approximate surface area is 116 Å². The molecule has 2 aromatic rings. The van der Waals surface area contributed by atoms with Gasteiger partial charge in [-0.3, -0.25) is 25.4 Å². The van der Waals surface area contributed by atoms with E-state index in [0.717, 1.165) is 11.8 Å². The Balaban J connectivity index is 1.74. The van der Waals surface area contributed by atoms with E-state index in [-0.39, 0.29) is 17.7 Å². The number of aromatic nitrogens is 1. The van der Waals surface area contributed by atoms with Gasteiger partial charge >= 0.3 is 0 Å². The van der Waals surface area contributed by atoms with Gasteiger partial charge in [0, 0.05) is 17.5 Å². The average Bonchev–Trinajstić information content (AvgIpc) is 3.21. The SMILES string of the molecule is CC1CC1C(=O)NNC(=O)c1cccc2cccnc12. The Morgan fingerprint density at radius 3 is 2.70 bits per heavy atom. The van der Waals surface area contributed by atoms with Crippen LogP contribution in [0.25, 0.3) is 10.9 Å². The maximum Gasteiger partial charge on any atom is 0.271 e. The van der Waals surface area contributed by atoms with Crippen molar-refractivity contribution in [2.75, 3.05) is 0 Å². The van der Waals surface area contributed by atoms with E-state index in [1.54, 1.807) is 18.3 Å². The smallest absolute Gasteiger partial charge is 0.271 e. The molecule has 1 saturated carbocycles. The Hall–Kier alpha value is -2.43. The molecule has 2 atom stereocenters. The minimum atomic E-state index is -0.351. The first-order valence-corrected chi connectivity index (χ1v) is 6.61. The molecule has 3 rings (SSSR count). The lowest BCUT2D eigenvalue weighted by molar-refractivity contribution is -0.123. The third kappa shape index (κ3) is 2.34. The zero-order chi connectivity index (χ0) is 14.1. The number of hydrogen-bond acceptors (Lipinski definition) is 3. The van der Waals surface area contributed by atoms with Crippen LogP contribution in [0.3, 0.4) is 0 Å². The van der Waals surface area contributed by atoms with Crippen LogP contribution in [-0.4, -0.2) is 16.8 Å². The molecular weight excluding hydrogens is 254 g/mol. The lowest BCUT2D eigenvalue weighted by Crippen LogP contribution is -2.42. The van der Waals surface area contributed by atoms with Gasteiger partial charge in [0.05, 0.1) is 11.1 Å². The van der Waals surface area contributed by atoms with Crippen LogP contribution in [0.2, 0.25) is 0 Å². The van der Waals surface area contributed by atoms with Crippen LogP contribution in [-0.2, 0) is 4.79 Å². The monoisotopic (exact) mass is 269 g/mol. The van der Waals surface area contributed by atoms with E-state index in [9.17, 15) is 9.59 Å². The summed E-state index contributed by atoms with van der Waals surface area (Å²) >= 11 is 0. The number of carbonyl (C=O) groups excluding carboxylic acids is 2. The summed E-state index contributed by atoms with van der Waals surface area (Å²) in [6, 6.07) is 9.09. The quantitative estimate of drug-likeness (QED) is 0.814. The molecule has 2 amide bonds. The Morgan fingerprint density at radius 1 is 1.20 bits per heavy atom. The van der Waals surface area contributed by atoms with Gasteiger partial charge in [-0.1, -0.05) is 25.1 Å². The van der Waals surface area contributed by atoms with Crippen LogP contribution in [0.4, 0.5) is 0 Å². The third-order valence-corrected chi connectivity index (χ3v) is 3.62. The number of nitrogens with zero attached hydrogens (tertiary/aromatic N) is 1. The van der Waals surface area contributed by atoms with Crippen molar-refractivity contribution in [2.24, 2.45) is 11.8 Å². The number of nitrogens with one attached hydrogen (secondary N) is 2. The second-order valence-corrected chi connectivity index (χ2v) is 5.14. The largest absolute Gasteiger partial charge is 0.273 e. The molecule has 0 aliphatic heterocycles. The number of fused-ring (bicyclic) bond motifs is 1. The Kier molecular flexibility index (Phi) is 3.10. The molecule has 2 N–H and O–H groups in total. The highest BCUT2D eigenvalue weighted by molar-refractivity contribution is 6.05. The second kappa shape index (κ2) is 4.92. The predicted molar refractivity (Wildman–Crippen MR) is 74.6 cm³/mol. The van der Waals surface area contributed by atoms with Gasteiger partial charge in [0.25, 0.3) is 5.91 Å². The normalized spacial score (nSPS) is 20.4. The van der Waals surface area contributed by atoms with Gasteiger partial charge in [0.2, 0.25) is 5.91 Å². The zero-order valence-corrected chi connectivity index (χ0v) is 11.1. The minimum absolute atomic E-state index is 0.0287. The number of pyridine rings is 1. The highest BCUT2D eigenvalue weighted by atomic mass is 16.2. The first kappa shape index (κ1) is 12.6. The van der Waals surface area contributed by atoms with Crippen LogP contribution in [0.1, 0.15) is 23.7 Å². The molecule has 1 aliphatic carbocycles. The van der Waals surface area contributed by atoms with Crippen LogP contribution in [0.5, 0.6) is 0 Å².